The molecule has 0 saturated carbocycles. The van der Waals surface area contributed by atoms with Crippen LogP contribution in [0.15, 0.2) is 24.4 Å². The molecular weight excluding hydrogens is 204 g/mol. The number of aromatic nitrogens is 2. The summed E-state index contributed by atoms with van der Waals surface area (Å²) in [7, 11) is 0. The molecule has 0 aliphatic rings. The number of nitrogens with one attached hydrogen (secondary N) is 3. The lowest BCUT2D eigenvalue weighted by Crippen LogP contribution is -2.27. The maximum absolute atomic E-state index is 11.4. The van der Waals surface area contributed by atoms with Crippen LogP contribution in [0.2, 0.25) is 0 Å². The molecule has 3 N–H and O–H groups in total. The van der Waals surface area contributed by atoms with E-state index in [9.17, 15) is 4.79 Å². The van der Waals surface area contributed by atoms with Gasteiger partial charge in [-0.25, -0.2) is 0 Å². The van der Waals surface area contributed by atoms with Gasteiger partial charge in [0.1, 0.15) is 0 Å². The van der Waals surface area contributed by atoms with Crippen molar-refractivity contribution < 1.29 is 4.79 Å². The van der Waals surface area contributed by atoms with Crippen LogP contribution in [-0.4, -0.2) is 29.2 Å². The number of benzene rings is 1. The van der Waals surface area contributed by atoms with Crippen molar-refractivity contribution in [3.05, 3.63) is 24.4 Å². The second-order valence-electron chi connectivity index (χ2n) is 3.50. The summed E-state index contributed by atoms with van der Waals surface area (Å²) in [5.74, 6) is -0.0373. The molecule has 0 unspecified atom stereocenters. The Morgan fingerprint density at radius 2 is 2.38 bits per heavy atom. The average molecular weight is 218 g/mol. The van der Waals surface area contributed by atoms with Crippen LogP contribution in [0.25, 0.3) is 10.9 Å². The lowest BCUT2D eigenvalue weighted by molar-refractivity contribution is -0.115. The van der Waals surface area contributed by atoms with E-state index in [1.54, 1.807) is 6.20 Å². The number of nitrogens with zero attached hydrogens (tertiary/aromatic N) is 1. The molecule has 0 bridgehead atoms. The predicted molar refractivity (Wildman–Crippen MR) is 63.3 cm³/mol. The highest BCUT2D eigenvalue weighted by Crippen LogP contribution is 2.16. The van der Waals surface area contributed by atoms with Gasteiger partial charge in [-0.1, -0.05) is 6.92 Å². The molecule has 0 spiro atoms. The molecule has 5 nitrogen and oxygen atoms in total. The van der Waals surface area contributed by atoms with Crippen molar-refractivity contribution in [1.29, 1.82) is 0 Å². The minimum atomic E-state index is -0.0373. The molecule has 0 atom stereocenters. The zero-order valence-corrected chi connectivity index (χ0v) is 9.08. The summed E-state index contributed by atoms with van der Waals surface area (Å²) in [5, 5.41) is 13.6. The number of anilines is 1. The monoisotopic (exact) mass is 218 g/mol. The molecular formula is C11H14N4O. The van der Waals surface area contributed by atoms with E-state index in [-0.39, 0.29) is 5.91 Å². The molecule has 16 heavy (non-hydrogen) atoms. The second kappa shape index (κ2) is 4.76. The first-order valence-corrected chi connectivity index (χ1v) is 5.23. The van der Waals surface area contributed by atoms with Crippen LogP contribution in [0.4, 0.5) is 5.69 Å². The third kappa shape index (κ3) is 2.38. The van der Waals surface area contributed by atoms with Gasteiger partial charge in [-0.3, -0.25) is 9.89 Å². The highest BCUT2D eigenvalue weighted by molar-refractivity contribution is 5.94. The molecule has 2 aromatic rings. The smallest absolute Gasteiger partial charge is 0.238 e. The number of carbonyl (C=O) groups is 1. The molecule has 1 aromatic carbocycles. The van der Waals surface area contributed by atoms with Gasteiger partial charge in [-0.05, 0) is 24.7 Å². The quantitative estimate of drug-likeness (QED) is 0.720. The van der Waals surface area contributed by atoms with Crippen molar-refractivity contribution in [3.8, 4) is 0 Å². The van der Waals surface area contributed by atoms with Gasteiger partial charge in [0.2, 0.25) is 5.91 Å². The highest BCUT2D eigenvalue weighted by atomic mass is 16.1. The van der Waals surface area contributed by atoms with E-state index in [2.05, 4.69) is 20.8 Å². The van der Waals surface area contributed by atoms with Gasteiger partial charge >= 0.3 is 0 Å². The maximum Gasteiger partial charge on any atom is 0.238 e. The summed E-state index contributed by atoms with van der Waals surface area (Å²) in [5.41, 5.74) is 1.75. The Morgan fingerprint density at radius 1 is 1.50 bits per heavy atom. The second-order valence-corrected chi connectivity index (χ2v) is 3.50. The number of hydrogen-bond acceptors (Lipinski definition) is 3. The summed E-state index contributed by atoms with van der Waals surface area (Å²) in [6.07, 6.45) is 1.73. The Kier molecular flexibility index (Phi) is 3.16. The van der Waals surface area contributed by atoms with Crippen LogP contribution in [0, 0.1) is 0 Å². The van der Waals surface area contributed by atoms with Crippen molar-refractivity contribution in [2.45, 2.75) is 6.92 Å². The van der Waals surface area contributed by atoms with E-state index in [0.717, 1.165) is 23.1 Å². The Labute approximate surface area is 93.2 Å². The molecule has 0 fully saturated rings. The minimum absolute atomic E-state index is 0.0373. The van der Waals surface area contributed by atoms with Gasteiger partial charge < -0.3 is 10.6 Å². The van der Waals surface area contributed by atoms with Crippen molar-refractivity contribution >= 4 is 22.5 Å². The highest BCUT2D eigenvalue weighted by Gasteiger charge is 2.02. The van der Waals surface area contributed by atoms with Gasteiger partial charge in [-0.2, -0.15) is 5.10 Å². The number of likely N-dealkylation sites (N-methyl/N-ethyl adjacent to an activating group) is 1. The van der Waals surface area contributed by atoms with Crippen LogP contribution in [-0.2, 0) is 4.79 Å². The van der Waals surface area contributed by atoms with Crippen molar-refractivity contribution in [1.82, 2.24) is 15.5 Å². The molecule has 1 amide bonds. The van der Waals surface area contributed by atoms with Gasteiger partial charge in [-0.15, -0.1) is 0 Å². The first kappa shape index (κ1) is 10.6. The summed E-state index contributed by atoms with van der Waals surface area (Å²) < 4.78 is 0. The number of aromatic amines is 1. The number of amides is 1. The van der Waals surface area contributed by atoms with E-state index >= 15 is 0 Å². The first-order chi connectivity index (χ1) is 7.79. The van der Waals surface area contributed by atoms with Crippen LogP contribution < -0.4 is 10.6 Å². The number of fused-ring (bicyclic) bond motifs is 1. The minimum Gasteiger partial charge on any atom is -0.325 e. The maximum atomic E-state index is 11.4. The molecule has 0 saturated heterocycles. The Hall–Kier alpha value is -1.88. The van der Waals surface area contributed by atoms with Crippen LogP contribution in [0.5, 0.6) is 0 Å². The zero-order chi connectivity index (χ0) is 11.4. The number of hydrogen-bond donors (Lipinski definition) is 3. The molecule has 84 valence electrons. The van der Waals surface area contributed by atoms with E-state index in [4.69, 9.17) is 0 Å². The lowest BCUT2D eigenvalue weighted by Gasteiger charge is -2.05. The van der Waals surface area contributed by atoms with Crippen LogP contribution in [0.1, 0.15) is 6.92 Å². The van der Waals surface area contributed by atoms with Gasteiger partial charge in [0, 0.05) is 11.1 Å². The Morgan fingerprint density at radius 3 is 3.19 bits per heavy atom. The number of carbonyl (C=O) groups excluding carboxylic acids is 1. The summed E-state index contributed by atoms with van der Waals surface area (Å²) >= 11 is 0. The van der Waals surface area contributed by atoms with Gasteiger partial charge in [0.15, 0.2) is 0 Å². The zero-order valence-electron chi connectivity index (χ0n) is 9.08. The van der Waals surface area contributed by atoms with E-state index < -0.39 is 0 Å². The largest absolute Gasteiger partial charge is 0.325 e. The summed E-state index contributed by atoms with van der Waals surface area (Å²) in [6.45, 7) is 3.08. The molecule has 1 heterocycles. The average Bonchev–Trinajstić information content (AvgIpc) is 2.73. The third-order valence-corrected chi connectivity index (χ3v) is 2.26. The number of H-pyrrole nitrogens is 1. The molecule has 2 rings (SSSR count). The first-order valence-electron chi connectivity index (χ1n) is 5.23. The normalized spacial score (nSPS) is 10.6. The molecule has 1 aromatic heterocycles. The van der Waals surface area contributed by atoms with Gasteiger partial charge in [0.25, 0.3) is 0 Å². The van der Waals surface area contributed by atoms with Crippen molar-refractivity contribution in [2.75, 3.05) is 18.4 Å². The lowest BCUT2D eigenvalue weighted by atomic mass is 10.2. The third-order valence-electron chi connectivity index (χ3n) is 2.26. The predicted octanol–water partition coefficient (Wildman–Crippen LogP) is 1.11. The van der Waals surface area contributed by atoms with Gasteiger partial charge in [0.05, 0.1) is 18.3 Å². The Bertz CT molecular complexity index is 491. The molecule has 0 radical (unpaired) electrons. The molecule has 5 heteroatoms. The fourth-order valence-corrected chi connectivity index (χ4v) is 1.46. The van der Waals surface area contributed by atoms with Crippen LogP contribution >= 0.6 is 0 Å². The SMILES string of the molecule is CCNCC(=O)Nc1ccc2[nH]ncc2c1. The fraction of sp³-hybridized carbons (Fsp3) is 0.273. The van der Waals surface area contributed by atoms with Crippen LogP contribution in [0.3, 0.4) is 0 Å². The molecule has 0 aliphatic carbocycles. The number of rotatable bonds is 4. The summed E-state index contributed by atoms with van der Waals surface area (Å²) in [4.78, 5) is 11.4. The standard InChI is InChI=1S/C11H14N4O/c1-2-12-7-11(16)14-9-3-4-10-8(5-9)6-13-15-10/h3-6,12H,2,7H2,1H3,(H,13,15)(H,14,16). The Balaban J connectivity index is 2.06. The topological polar surface area (TPSA) is 69.8 Å². The van der Waals surface area contributed by atoms with Crippen molar-refractivity contribution in [3.63, 3.8) is 0 Å². The van der Waals surface area contributed by atoms with E-state index in [0.29, 0.717) is 6.54 Å². The summed E-state index contributed by atoms with van der Waals surface area (Å²) in [6, 6.07) is 5.64. The fourth-order valence-electron chi connectivity index (χ4n) is 1.46. The van der Waals surface area contributed by atoms with Crippen molar-refractivity contribution in [2.24, 2.45) is 0 Å². The van der Waals surface area contributed by atoms with E-state index in [1.807, 2.05) is 25.1 Å². The van der Waals surface area contributed by atoms with E-state index in [1.165, 1.54) is 0 Å². The molecule has 0 aliphatic heterocycles.